The molecule has 2 aromatic carbocycles. The number of benzene rings is 2. The zero-order valence-corrected chi connectivity index (χ0v) is 14.7. The van der Waals surface area contributed by atoms with Crippen LogP contribution in [0.1, 0.15) is 17.2 Å². The first-order valence-corrected chi connectivity index (χ1v) is 7.97. The number of aliphatic hydroxyl groups is 1. The van der Waals surface area contributed by atoms with Gasteiger partial charge < -0.3 is 25.6 Å². The summed E-state index contributed by atoms with van der Waals surface area (Å²) in [5.41, 5.74) is 1.24. The van der Waals surface area contributed by atoms with Gasteiger partial charge >= 0.3 is 0 Å². The van der Waals surface area contributed by atoms with E-state index in [9.17, 15) is 19.4 Å². The van der Waals surface area contributed by atoms with Crippen molar-refractivity contribution in [3.05, 3.63) is 53.3 Å². The molecule has 1 unspecified atom stereocenters. The number of hydrogen-bond acceptors (Lipinski definition) is 5. The van der Waals surface area contributed by atoms with Gasteiger partial charge in [0.2, 0.25) is 0 Å². The van der Waals surface area contributed by atoms with E-state index < -0.39 is 6.10 Å². The first-order valence-electron chi connectivity index (χ1n) is 7.97. The summed E-state index contributed by atoms with van der Waals surface area (Å²) in [4.78, 5) is 11.4. The molecular formula is C18H20ClFN2O4. The number of halogens is 2. The highest BCUT2D eigenvalue weighted by molar-refractivity contribution is 5.97. The lowest BCUT2D eigenvalue weighted by atomic mass is 10.0. The molecule has 1 amide bonds. The van der Waals surface area contributed by atoms with Gasteiger partial charge in [-0.05, 0) is 36.7 Å². The van der Waals surface area contributed by atoms with Crippen molar-refractivity contribution in [1.29, 1.82) is 0 Å². The molecule has 6 nitrogen and oxygen atoms in total. The zero-order chi connectivity index (χ0) is 17.8. The first kappa shape index (κ1) is 20.0. The Morgan fingerprint density at radius 3 is 2.81 bits per heavy atom. The predicted octanol–water partition coefficient (Wildman–Crippen LogP) is 2.15. The highest BCUT2D eigenvalue weighted by Gasteiger charge is 2.25. The smallest absolute Gasteiger partial charge is 0.262 e. The van der Waals surface area contributed by atoms with Gasteiger partial charge in [-0.15, -0.1) is 12.4 Å². The van der Waals surface area contributed by atoms with Crippen LogP contribution in [0.2, 0.25) is 0 Å². The minimum Gasteiger partial charge on any atom is -0.506 e. The number of anilines is 1. The largest absolute Gasteiger partial charge is 0.506 e. The molecule has 0 aliphatic carbocycles. The number of nitrogens with one attached hydrogen (secondary N) is 2. The number of aromatic hydroxyl groups is 1. The quantitative estimate of drug-likeness (QED) is 0.454. The van der Waals surface area contributed by atoms with Crippen molar-refractivity contribution in [1.82, 2.24) is 5.32 Å². The second-order valence-corrected chi connectivity index (χ2v) is 5.78. The maximum absolute atomic E-state index is 13.5. The Bertz CT molecular complexity index is 788. The molecule has 0 bridgehead atoms. The maximum Gasteiger partial charge on any atom is 0.262 e. The van der Waals surface area contributed by atoms with Crippen molar-refractivity contribution in [2.75, 3.05) is 25.0 Å². The van der Waals surface area contributed by atoms with E-state index in [0.717, 1.165) is 0 Å². The fourth-order valence-electron chi connectivity index (χ4n) is 2.71. The molecule has 8 heteroatoms. The summed E-state index contributed by atoms with van der Waals surface area (Å²) in [6.45, 7) is 0.551. The second-order valence-electron chi connectivity index (χ2n) is 5.78. The fourth-order valence-corrected chi connectivity index (χ4v) is 2.71. The standard InChI is InChI=1S/C18H19FN2O4.ClH/c19-13-4-2-1-3-11(13)7-8-20-9-15(23)12-5-6-14(22)17-18(12)25-10-16(24)21-17;/h1-6,15,20,22-23H,7-10H2,(H,21,24);1H. The molecule has 0 saturated carbocycles. The van der Waals surface area contributed by atoms with Gasteiger partial charge in [-0.1, -0.05) is 18.2 Å². The van der Waals surface area contributed by atoms with Crippen LogP contribution in [0.15, 0.2) is 36.4 Å². The Morgan fingerprint density at radius 2 is 2.04 bits per heavy atom. The summed E-state index contributed by atoms with van der Waals surface area (Å²) in [6, 6.07) is 9.50. The molecule has 0 radical (unpaired) electrons. The molecule has 0 fully saturated rings. The Hall–Kier alpha value is -2.35. The van der Waals surface area contributed by atoms with Crippen LogP contribution in [-0.2, 0) is 11.2 Å². The van der Waals surface area contributed by atoms with Crippen molar-refractivity contribution in [3.63, 3.8) is 0 Å². The molecule has 26 heavy (non-hydrogen) atoms. The average Bonchev–Trinajstić information content (AvgIpc) is 2.60. The number of aliphatic hydroxyl groups excluding tert-OH is 1. The topological polar surface area (TPSA) is 90.8 Å². The zero-order valence-electron chi connectivity index (χ0n) is 13.9. The third-order valence-corrected chi connectivity index (χ3v) is 4.00. The van der Waals surface area contributed by atoms with Gasteiger partial charge in [0.25, 0.3) is 5.91 Å². The minimum atomic E-state index is -0.898. The van der Waals surface area contributed by atoms with Crippen LogP contribution in [0, 0.1) is 5.82 Å². The highest BCUT2D eigenvalue weighted by atomic mass is 35.5. The number of hydrogen-bond donors (Lipinski definition) is 4. The van der Waals surface area contributed by atoms with E-state index in [0.29, 0.717) is 24.1 Å². The van der Waals surface area contributed by atoms with Crippen LogP contribution in [-0.4, -0.2) is 35.8 Å². The Balaban J connectivity index is 0.00000243. The van der Waals surface area contributed by atoms with Crippen LogP contribution in [0.3, 0.4) is 0 Å². The number of amides is 1. The maximum atomic E-state index is 13.5. The number of fused-ring (bicyclic) bond motifs is 1. The molecule has 0 spiro atoms. The SMILES string of the molecule is Cl.O=C1COc2c(C(O)CNCCc3ccccc3F)ccc(O)c2N1. The summed E-state index contributed by atoms with van der Waals surface area (Å²) in [5.74, 6) is -0.464. The van der Waals surface area contributed by atoms with Crippen molar-refractivity contribution in [2.45, 2.75) is 12.5 Å². The number of phenolic OH excluding ortho intramolecular Hbond substituents is 1. The number of carbonyl (C=O) groups excluding carboxylic acids is 1. The number of carbonyl (C=O) groups is 1. The molecule has 0 saturated heterocycles. The minimum absolute atomic E-state index is 0. The molecule has 3 rings (SSSR count). The molecule has 1 aliphatic rings. The Kier molecular flexibility index (Phi) is 6.79. The Morgan fingerprint density at radius 1 is 1.27 bits per heavy atom. The Labute approximate surface area is 156 Å². The van der Waals surface area contributed by atoms with E-state index in [-0.39, 0.29) is 54.5 Å². The molecule has 4 N–H and O–H groups in total. The summed E-state index contributed by atoms with van der Waals surface area (Å²) in [7, 11) is 0. The van der Waals surface area contributed by atoms with Gasteiger partial charge in [0.1, 0.15) is 17.3 Å². The normalized spacial score (nSPS) is 13.8. The molecule has 1 heterocycles. The lowest BCUT2D eigenvalue weighted by Crippen LogP contribution is -2.28. The van der Waals surface area contributed by atoms with Gasteiger partial charge in [-0.3, -0.25) is 4.79 Å². The summed E-state index contributed by atoms with van der Waals surface area (Å²) < 4.78 is 18.9. The van der Waals surface area contributed by atoms with E-state index in [1.165, 1.54) is 12.1 Å². The van der Waals surface area contributed by atoms with Gasteiger partial charge in [-0.25, -0.2) is 4.39 Å². The lowest BCUT2D eigenvalue weighted by molar-refractivity contribution is -0.118. The van der Waals surface area contributed by atoms with Crippen molar-refractivity contribution < 1.29 is 24.1 Å². The molecule has 2 aromatic rings. The lowest BCUT2D eigenvalue weighted by Gasteiger charge is -2.23. The van der Waals surface area contributed by atoms with Gasteiger partial charge in [0, 0.05) is 12.1 Å². The number of ether oxygens (including phenoxy) is 1. The van der Waals surface area contributed by atoms with Crippen LogP contribution >= 0.6 is 12.4 Å². The van der Waals surface area contributed by atoms with E-state index in [1.54, 1.807) is 24.3 Å². The van der Waals surface area contributed by atoms with E-state index in [4.69, 9.17) is 4.74 Å². The molecule has 1 aliphatic heterocycles. The highest BCUT2D eigenvalue weighted by Crippen LogP contribution is 2.41. The van der Waals surface area contributed by atoms with Gasteiger partial charge in [0.05, 0.1) is 6.10 Å². The average molecular weight is 383 g/mol. The van der Waals surface area contributed by atoms with Crippen LogP contribution in [0.25, 0.3) is 0 Å². The van der Waals surface area contributed by atoms with Gasteiger partial charge in [0.15, 0.2) is 12.4 Å². The van der Waals surface area contributed by atoms with E-state index in [1.807, 2.05) is 0 Å². The molecule has 0 aromatic heterocycles. The van der Waals surface area contributed by atoms with E-state index in [2.05, 4.69) is 10.6 Å². The molecule has 140 valence electrons. The monoisotopic (exact) mass is 382 g/mol. The first-order chi connectivity index (χ1) is 12.1. The number of rotatable bonds is 6. The molecular weight excluding hydrogens is 363 g/mol. The third kappa shape index (κ3) is 4.43. The third-order valence-electron chi connectivity index (χ3n) is 4.00. The van der Waals surface area contributed by atoms with Crippen LogP contribution < -0.4 is 15.4 Å². The fraction of sp³-hybridized carbons (Fsp3) is 0.278. The molecule has 1 atom stereocenters. The second kappa shape index (κ2) is 8.84. The summed E-state index contributed by atoms with van der Waals surface area (Å²) >= 11 is 0. The van der Waals surface area contributed by atoms with Crippen molar-refractivity contribution in [2.24, 2.45) is 0 Å². The number of phenols is 1. The summed E-state index contributed by atoms with van der Waals surface area (Å²) in [5, 5.41) is 25.8. The van der Waals surface area contributed by atoms with Crippen LogP contribution in [0.5, 0.6) is 11.5 Å². The van der Waals surface area contributed by atoms with Crippen LogP contribution in [0.4, 0.5) is 10.1 Å². The van der Waals surface area contributed by atoms with Crippen molar-refractivity contribution >= 4 is 24.0 Å². The summed E-state index contributed by atoms with van der Waals surface area (Å²) in [6.07, 6.45) is -0.399. The van der Waals surface area contributed by atoms with Crippen molar-refractivity contribution in [3.8, 4) is 11.5 Å². The predicted molar refractivity (Wildman–Crippen MR) is 97.4 cm³/mol. The van der Waals surface area contributed by atoms with Gasteiger partial charge in [-0.2, -0.15) is 0 Å². The van der Waals surface area contributed by atoms with E-state index >= 15 is 0 Å².